The molecule has 0 fully saturated rings. The van der Waals surface area contributed by atoms with E-state index in [9.17, 15) is 4.79 Å². The number of benzene rings is 2. The van der Waals surface area contributed by atoms with Crippen LogP contribution in [0.5, 0.6) is 0 Å². The van der Waals surface area contributed by atoms with Crippen LogP contribution in [0.4, 0.5) is 0 Å². The average Bonchev–Trinajstić information content (AvgIpc) is 2.78. The van der Waals surface area contributed by atoms with E-state index in [-0.39, 0.29) is 0 Å². The molecule has 3 rings (SSSR count). The summed E-state index contributed by atoms with van der Waals surface area (Å²) in [6.07, 6.45) is 0.920. The van der Waals surface area contributed by atoms with Gasteiger partial charge in [0.15, 0.2) is 0 Å². The summed E-state index contributed by atoms with van der Waals surface area (Å²) in [6.45, 7) is 4.10. The summed E-state index contributed by atoms with van der Waals surface area (Å²) in [5.74, 6) is 0. The van der Waals surface area contributed by atoms with E-state index in [0.717, 1.165) is 34.0 Å². The van der Waals surface area contributed by atoms with Crippen LogP contribution in [0, 0.1) is 13.8 Å². The Morgan fingerprint density at radius 2 is 1.68 bits per heavy atom. The van der Waals surface area contributed by atoms with Gasteiger partial charge >= 0.3 is 0 Å². The fraction of sp³-hybridized carbons (Fsp3) is 0.118. The van der Waals surface area contributed by atoms with Gasteiger partial charge in [-0.1, -0.05) is 30.3 Å². The van der Waals surface area contributed by atoms with Crippen molar-refractivity contribution in [3.8, 4) is 11.3 Å². The SMILES string of the molecule is Cc1c(C=O)ccc2[nH]c(-c3ccccc3)c(C)c12. The van der Waals surface area contributed by atoms with E-state index in [1.165, 1.54) is 11.1 Å². The smallest absolute Gasteiger partial charge is 0.150 e. The van der Waals surface area contributed by atoms with Crippen molar-refractivity contribution in [2.24, 2.45) is 0 Å². The molecule has 0 aliphatic heterocycles. The highest BCUT2D eigenvalue weighted by Crippen LogP contribution is 2.32. The van der Waals surface area contributed by atoms with E-state index in [0.29, 0.717) is 0 Å². The maximum Gasteiger partial charge on any atom is 0.150 e. The average molecular weight is 249 g/mol. The summed E-state index contributed by atoms with van der Waals surface area (Å²) < 4.78 is 0. The summed E-state index contributed by atoms with van der Waals surface area (Å²) >= 11 is 0. The molecular weight excluding hydrogens is 234 g/mol. The Hall–Kier alpha value is -2.35. The zero-order valence-corrected chi connectivity index (χ0v) is 11.0. The van der Waals surface area contributed by atoms with Gasteiger partial charge in [0.1, 0.15) is 6.29 Å². The van der Waals surface area contributed by atoms with E-state index in [1.54, 1.807) is 0 Å². The number of aryl methyl sites for hydroxylation is 2. The lowest BCUT2D eigenvalue weighted by molar-refractivity contribution is 0.112. The molecule has 0 radical (unpaired) electrons. The highest BCUT2D eigenvalue weighted by molar-refractivity contribution is 5.97. The Kier molecular flexibility index (Phi) is 2.71. The number of carbonyl (C=O) groups excluding carboxylic acids is 1. The molecule has 0 atom stereocenters. The first-order valence-corrected chi connectivity index (χ1v) is 6.35. The minimum atomic E-state index is 0.759. The molecule has 2 heteroatoms. The van der Waals surface area contributed by atoms with Crippen molar-refractivity contribution in [3.63, 3.8) is 0 Å². The number of carbonyl (C=O) groups is 1. The van der Waals surface area contributed by atoms with Crippen LogP contribution in [0.2, 0.25) is 0 Å². The first kappa shape index (κ1) is 11.7. The molecule has 0 saturated heterocycles. The minimum Gasteiger partial charge on any atom is -0.354 e. The minimum absolute atomic E-state index is 0.759. The Bertz CT molecular complexity index is 754. The van der Waals surface area contributed by atoms with Gasteiger partial charge in [0.05, 0.1) is 0 Å². The van der Waals surface area contributed by atoms with Crippen LogP contribution in [0.1, 0.15) is 21.5 Å². The molecule has 0 bridgehead atoms. The second kappa shape index (κ2) is 4.39. The molecule has 1 N–H and O–H groups in total. The van der Waals surface area contributed by atoms with Crippen LogP contribution < -0.4 is 0 Å². The van der Waals surface area contributed by atoms with E-state index < -0.39 is 0 Å². The number of rotatable bonds is 2. The molecule has 1 heterocycles. The van der Waals surface area contributed by atoms with Crippen LogP contribution in [0.15, 0.2) is 42.5 Å². The summed E-state index contributed by atoms with van der Waals surface area (Å²) in [7, 11) is 0. The van der Waals surface area contributed by atoms with Crippen molar-refractivity contribution >= 4 is 17.2 Å². The van der Waals surface area contributed by atoms with Gasteiger partial charge in [-0.05, 0) is 42.7 Å². The van der Waals surface area contributed by atoms with Gasteiger partial charge in [0.2, 0.25) is 0 Å². The normalized spacial score (nSPS) is 10.8. The summed E-state index contributed by atoms with van der Waals surface area (Å²) in [4.78, 5) is 14.5. The van der Waals surface area contributed by atoms with Crippen molar-refractivity contribution in [2.45, 2.75) is 13.8 Å². The Labute approximate surface area is 112 Å². The number of fused-ring (bicyclic) bond motifs is 1. The molecule has 0 unspecified atom stereocenters. The van der Waals surface area contributed by atoms with Gasteiger partial charge in [-0.2, -0.15) is 0 Å². The third kappa shape index (κ3) is 1.76. The molecule has 0 aliphatic carbocycles. The largest absolute Gasteiger partial charge is 0.354 e. The quantitative estimate of drug-likeness (QED) is 0.676. The molecule has 0 saturated carbocycles. The number of aromatic amines is 1. The number of hydrogen-bond acceptors (Lipinski definition) is 1. The zero-order valence-electron chi connectivity index (χ0n) is 11.0. The van der Waals surface area contributed by atoms with Gasteiger partial charge in [-0.15, -0.1) is 0 Å². The van der Waals surface area contributed by atoms with E-state index in [4.69, 9.17) is 0 Å². The van der Waals surface area contributed by atoms with Crippen LogP contribution in [-0.4, -0.2) is 11.3 Å². The second-order valence-electron chi connectivity index (χ2n) is 4.81. The molecule has 0 amide bonds. The van der Waals surface area contributed by atoms with Crippen LogP contribution >= 0.6 is 0 Å². The standard InChI is InChI=1S/C17H15NO/c1-11-14(10-19)8-9-15-16(11)12(2)17(18-15)13-6-4-3-5-7-13/h3-10,18H,1-2H3. The lowest BCUT2D eigenvalue weighted by atomic mass is 10.0. The van der Waals surface area contributed by atoms with Crippen molar-refractivity contribution in [2.75, 3.05) is 0 Å². The van der Waals surface area contributed by atoms with Gasteiger partial charge in [0.25, 0.3) is 0 Å². The second-order valence-corrected chi connectivity index (χ2v) is 4.81. The summed E-state index contributed by atoms with van der Waals surface area (Å²) in [5.41, 5.74) is 6.38. The molecule has 2 aromatic carbocycles. The van der Waals surface area contributed by atoms with Crippen molar-refractivity contribution in [1.82, 2.24) is 4.98 Å². The van der Waals surface area contributed by atoms with Gasteiger partial charge in [-0.25, -0.2) is 0 Å². The summed E-state index contributed by atoms with van der Waals surface area (Å²) in [5, 5.41) is 1.16. The Morgan fingerprint density at radius 1 is 0.947 bits per heavy atom. The predicted molar refractivity (Wildman–Crippen MR) is 78.6 cm³/mol. The van der Waals surface area contributed by atoms with Crippen molar-refractivity contribution < 1.29 is 4.79 Å². The number of hydrogen-bond donors (Lipinski definition) is 1. The third-order valence-electron chi connectivity index (χ3n) is 3.71. The molecule has 0 aliphatic rings. The van der Waals surface area contributed by atoms with Gasteiger partial charge < -0.3 is 4.98 Å². The first-order valence-electron chi connectivity index (χ1n) is 6.35. The van der Waals surface area contributed by atoms with Crippen LogP contribution in [-0.2, 0) is 0 Å². The van der Waals surface area contributed by atoms with Crippen molar-refractivity contribution in [1.29, 1.82) is 0 Å². The van der Waals surface area contributed by atoms with E-state index >= 15 is 0 Å². The molecular formula is C17H15NO. The Morgan fingerprint density at radius 3 is 2.37 bits per heavy atom. The highest BCUT2D eigenvalue weighted by atomic mass is 16.1. The van der Waals surface area contributed by atoms with E-state index in [2.05, 4.69) is 24.0 Å². The van der Waals surface area contributed by atoms with Gasteiger partial charge in [-0.3, -0.25) is 4.79 Å². The number of aromatic nitrogens is 1. The van der Waals surface area contributed by atoms with Crippen LogP contribution in [0.25, 0.3) is 22.2 Å². The molecule has 3 aromatic rings. The fourth-order valence-corrected chi connectivity index (χ4v) is 2.69. The van der Waals surface area contributed by atoms with Crippen LogP contribution in [0.3, 0.4) is 0 Å². The molecule has 0 spiro atoms. The third-order valence-corrected chi connectivity index (χ3v) is 3.71. The van der Waals surface area contributed by atoms with Crippen molar-refractivity contribution in [3.05, 3.63) is 59.2 Å². The number of nitrogens with one attached hydrogen (secondary N) is 1. The lowest BCUT2D eigenvalue weighted by Crippen LogP contribution is -1.87. The topological polar surface area (TPSA) is 32.9 Å². The monoisotopic (exact) mass is 249 g/mol. The van der Waals surface area contributed by atoms with Gasteiger partial charge in [0, 0.05) is 22.2 Å². The first-order chi connectivity index (χ1) is 9.22. The molecule has 1 aromatic heterocycles. The maximum absolute atomic E-state index is 11.0. The number of aldehydes is 1. The maximum atomic E-state index is 11.0. The fourth-order valence-electron chi connectivity index (χ4n) is 2.69. The highest BCUT2D eigenvalue weighted by Gasteiger charge is 2.12. The molecule has 19 heavy (non-hydrogen) atoms. The predicted octanol–water partition coefficient (Wildman–Crippen LogP) is 4.26. The molecule has 2 nitrogen and oxygen atoms in total. The zero-order chi connectivity index (χ0) is 13.4. The lowest BCUT2D eigenvalue weighted by Gasteiger charge is -2.02. The Balaban J connectivity index is 2.33. The molecule has 94 valence electrons. The van der Waals surface area contributed by atoms with E-state index in [1.807, 2.05) is 37.3 Å². The summed E-state index contributed by atoms with van der Waals surface area (Å²) in [6, 6.07) is 14.1. The number of H-pyrrole nitrogens is 1.